The third-order valence-electron chi connectivity index (χ3n) is 3.25. The lowest BCUT2D eigenvalue weighted by atomic mass is 9.96. The van der Waals surface area contributed by atoms with E-state index >= 15 is 0 Å². The number of benzene rings is 1. The van der Waals surface area contributed by atoms with Gasteiger partial charge in [0.2, 0.25) is 5.82 Å². The van der Waals surface area contributed by atoms with E-state index < -0.39 is 0 Å². The zero-order valence-electron chi connectivity index (χ0n) is 12.4. The van der Waals surface area contributed by atoms with Gasteiger partial charge < -0.3 is 5.32 Å². The number of halogens is 1. The fraction of sp³-hybridized carbons (Fsp3) is 0.400. The summed E-state index contributed by atoms with van der Waals surface area (Å²) in [6.45, 7) is 6.05. The molecule has 6 heteroatoms. The number of carbonyl (C=O) groups is 1. The first-order valence-corrected chi connectivity index (χ1v) is 7.36. The van der Waals surface area contributed by atoms with Gasteiger partial charge >= 0.3 is 0 Å². The molecule has 0 bridgehead atoms. The zero-order valence-corrected chi connectivity index (χ0v) is 13.1. The van der Waals surface area contributed by atoms with Crippen molar-refractivity contribution in [1.82, 2.24) is 20.5 Å². The highest BCUT2D eigenvalue weighted by Gasteiger charge is 2.21. The Kier molecular flexibility index (Phi) is 4.96. The first-order valence-electron chi connectivity index (χ1n) is 6.98. The van der Waals surface area contributed by atoms with E-state index in [4.69, 9.17) is 11.6 Å². The van der Waals surface area contributed by atoms with Crippen molar-refractivity contribution in [2.45, 2.75) is 33.2 Å². The SMILES string of the molecule is CCc1nc(C(=O)NC(c2ccc(Cl)cc2)C(C)C)n[nH]1. The van der Waals surface area contributed by atoms with Crippen molar-refractivity contribution in [3.8, 4) is 0 Å². The van der Waals surface area contributed by atoms with E-state index in [2.05, 4.69) is 34.3 Å². The molecule has 112 valence electrons. The molecule has 1 amide bonds. The highest BCUT2D eigenvalue weighted by Crippen LogP contribution is 2.23. The summed E-state index contributed by atoms with van der Waals surface area (Å²) in [4.78, 5) is 16.4. The van der Waals surface area contributed by atoms with E-state index in [-0.39, 0.29) is 23.7 Å². The maximum atomic E-state index is 12.2. The van der Waals surface area contributed by atoms with Crippen LogP contribution < -0.4 is 5.32 Å². The van der Waals surface area contributed by atoms with Gasteiger partial charge in [0.05, 0.1) is 6.04 Å². The fourth-order valence-electron chi connectivity index (χ4n) is 2.07. The lowest BCUT2D eigenvalue weighted by Crippen LogP contribution is -2.32. The molecule has 0 radical (unpaired) electrons. The number of hydrogen-bond donors (Lipinski definition) is 2. The minimum absolute atomic E-state index is 0.113. The van der Waals surface area contributed by atoms with Crippen LogP contribution in [0.25, 0.3) is 0 Å². The standard InChI is InChI=1S/C15H19ClN4O/c1-4-12-17-14(20-19-12)15(21)18-13(9(2)3)10-5-7-11(16)8-6-10/h5-9,13H,4H2,1-3H3,(H,18,21)(H,17,19,20). The van der Waals surface area contributed by atoms with Crippen LogP contribution in [0.2, 0.25) is 5.02 Å². The number of carbonyl (C=O) groups excluding carboxylic acids is 1. The average Bonchev–Trinajstić information content (AvgIpc) is 2.94. The molecule has 5 nitrogen and oxygen atoms in total. The van der Waals surface area contributed by atoms with Crippen LogP contribution in [0.1, 0.15) is 48.8 Å². The molecule has 1 atom stereocenters. The molecular weight excluding hydrogens is 288 g/mol. The summed E-state index contributed by atoms with van der Waals surface area (Å²) in [6, 6.07) is 7.37. The molecule has 0 aliphatic rings. The Hall–Kier alpha value is -1.88. The lowest BCUT2D eigenvalue weighted by Gasteiger charge is -2.22. The maximum Gasteiger partial charge on any atom is 0.291 e. The topological polar surface area (TPSA) is 70.7 Å². The smallest absolute Gasteiger partial charge is 0.291 e. The molecule has 2 rings (SSSR count). The van der Waals surface area contributed by atoms with Crippen LogP contribution in [0.5, 0.6) is 0 Å². The number of H-pyrrole nitrogens is 1. The van der Waals surface area contributed by atoms with Crippen LogP contribution in [-0.4, -0.2) is 21.1 Å². The normalized spacial score (nSPS) is 12.4. The molecule has 1 heterocycles. The van der Waals surface area contributed by atoms with E-state index in [1.165, 1.54) is 0 Å². The molecule has 0 fully saturated rings. The van der Waals surface area contributed by atoms with Gasteiger partial charge in [-0.25, -0.2) is 4.98 Å². The summed E-state index contributed by atoms with van der Waals surface area (Å²) >= 11 is 5.90. The monoisotopic (exact) mass is 306 g/mol. The molecule has 0 saturated carbocycles. The Bertz CT molecular complexity index is 606. The van der Waals surface area contributed by atoms with Crippen molar-refractivity contribution in [2.24, 2.45) is 5.92 Å². The number of aromatic nitrogens is 3. The summed E-state index contributed by atoms with van der Waals surface area (Å²) in [6.07, 6.45) is 0.713. The van der Waals surface area contributed by atoms with Gasteiger partial charge in [0.15, 0.2) is 0 Å². The number of hydrogen-bond acceptors (Lipinski definition) is 3. The van der Waals surface area contributed by atoms with E-state index in [9.17, 15) is 4.79 Å². The molecule has 0 spiro atoms. The highest BCUT2D eigenvalue weighted by atomic mass is 35.5. The van der Waals surface area contributed by atoms with Crippen LogP contribution in [0, 0.1) is 5.92 Å². The quantitative estimate of drug-likeness (QED) is 0.891. The van der Waals surface area contributed by atoms with Crippen LogP contribution in [0.15, 0.2) is 24.3 Å². The molecule has 21 heavy (non-hydrogen) atoms. The summed E-state index contributed by atoms with van der Waals surface area (Å²) < 4.78 is 0. The molecule has 0 aliphatic carbocycles. The van der Waals surface area contributed by atoms with Gasteiger partial charge in [-0.2, -0.15) is 0 Å². The highest BCUT2D eigenvalue weighted by molar-refractivity contribution is 6.30. The third kappa shape index (κ3) is 3.82. The second-order valence-electron chi connectivity index (χ2n) is 5.21. The number of aromatic amines is 1. The summed E-state index contributed by atoms with van der Waals surface area (Å²) in [5, 5.41) is 10.3. The second-order valence-corrected chi connectivity index (χ2v) is 5.64. The predicted octanol–water partition coefficient (Wildman–Crippen LogP) is 3.15. The van der Waals surface area contributed by atoms with Gasteiger partial charge in [0.25, 0.3) is 5.91 Å². The Morgan fingerprint density at radius 3 is 2.52 bits per heavy atom. The van der Waals surface area contributed by atoms with E-state index in [0.29, 0.717) is 17.3 Å². The molecule has 0 aliphatic heterocycles. The van der Waals surface area contributed by atoms with E-state index in [1.807, 2.05) is 31.2 Å². The molecule has 2 N–H and O–H groups in total. The van der Waals surface area contributed by atoms with Gasteiger partial charge in [0, 0.05) is 11.4 Å². The lowest BCUT2D eigenvalue weighted by molar-refractivity contribution is 0.0915. The largest absolute Gasteiger partial charge is 0.342 e. The minimum Gasteiger partial charge on any atom is -0.342 e. The number of nitrogens with zero attached hydrogens (tertiary/aromatic N) is 2. The van der Waals surface area contributed by atoms with Gasteiger partial charge in [0.1, 0.15) is 5.82 Å². The van der Waals surface area contributed by atoms with Crippen molar-refractivity contribution >= 4 is 17.5 Å². The fourth-order valence-corrected chi connectivity index (χ4v) is 2.19. The van der Waals surface area contributed by atoms with Gasteiger partial charge in [-0.3, -0.25) is 9.89 Å². The second kappa shape index (κ2) is 6.72. The maximum absolute atomic E-state index is 12.2. The van der Waals surface area contributed by atoms with Gasteiger partial charge in [-0.05, 0) is 23.6 Å². The molecule has 0 saturated heterocycles. The van der Waals surface area contributed by atoms with Crippen LogP contribution in [0.4, 0.5) is 0 Å². The molecule has 2 aromatic rings. The van der Waals surface area contributed by atoms with Crippen molar-refractivity contribution in [2.75, 3.05) is 0 Å². The van der Waals surface area contributed by atoms with Crippen molar-refractivity contribution in [1.29, 1.82) is 0 Å². The van der Waals surface area contributed by atoms with Crippen molar-refractivity contribution in [3.05, 3.63) is 46.5 Å². The van der Waals surface area contributed by atoms with Crippen LogP contribution in [-0.2, 0) is 6.42 Å². The molecular formula is C15H19ClN4O. The Morgan fingerprint density at radius 1 is 1.33 bits per heavy atom. The Labute approximate surface area is 129 Å². The number of rotatable bonds is 5. The number of nitrogens with one attached hydrogen (secondary N) is 2. The van der Waals surface area contributed by atoms with Crippen molar-refractivity contribution < 1.29 is 4.79 Å². The minimum atomic E-state index is -0.278. The van der Waals surface area contributed by atoms with Crippen LogP contribution in [0.3, 0.4) is 0 Å². The van der Waals surface area contributed by atoms with Gasteiger partial charge in [-0.1, -0.05) is 44.5 Å². The van der Waals surface area contributed by atoms with Crippen LogP contribution >= 0.6 is 11.6 Å². The Balaban J connectivity index is 2.16. The summed E-state index contributed by atoms with van der Waals surface area (Å²) in [5.41, 5.74) is 1.01. The van der Waals surface area contributed by atoms with Gasteiger partial charge in [-0.15, -0.1) is 5.10 Å². The third-order valence-corrected chi connectivity index (χ3v) is 3.50. The van der Waals surface area contributed by atoms with Crippen molar-refractivity contribution in [3.63, 3.8) is 0 Å². The molecule has 1 unspecified atom stereocenters. The zero-order chi connectivity index (χ0) is 15.4. The number of amides is 1. The first-order chi connectivity index (χ1) is 10.0. The number of aryl methyl sites for hydroxylation is 1. The first kappa shape index (κ1) is 15.5. The summed E-state index contributed by atoms with van der Waals surface area (Å²) in [7, 11) is 0. The summed E-state index contributed by atoms with van der Waals surface area (Å²) in [5.74, 6) is 0.832. The Morgan fingerprint density at radius 2 is 2.00 bits per heavy atom. The molecule has 1 aromatic heterocycles. The van der Waals surface area contributed by atoms with E-state index in [1.54, 1.807) is 0 Å². The van der Waals surface area contributed by atoms with E-state index in [0.717, 1.165) is 5.56 Å². The molecule has 1 aromatic carbocycles. The predicted molar refractivity (Wildman–Crippen MR) is 82.3 cm³/mol. The average molecular weight is 307 g/mol.